The minimum absolute atomic E-state index is 0.0284. The van der Waals surface area contributed by atoms with E-state index in [4.69, 9.17) is 5.26 Å². The highest BCUT2D eigenvalue weighted by atomic mass is 16.1. The normalized spacial score (nSPS) is 12.7. The van der Waals surface area contributed by atoms with Crippen LogP contribution in [-0.4, -0.2) is 18.9 Å². The van der Waals surface area contributed by atoms with Gasteiger partial charge in [0, 0.05) is 25.4 Å². The molecule has 1 aromatic rings. The van der Waals surface area contributed by atoms with Crippen molar-refractivity contribution in [3.63, 3.8) is 0 Å². The summed E-state index contributed by atoms with van der Waals surface area (Å²) in [7, 11) is 0. The number of hydrogen-bond donors (Lipinski definition) is 1. The van der Waals surface area contributed by atoms with Crippen LogP contribution in [0.3, 0.4) is 0 Å². The van der Waals surface area contributed by atoms with Gasteiger partial charge in [-0.05, 0) is 30.2 Å². The van der Waals surface area contributed by atoms with Crippen LogP contribution in [0.1, 0.15) is 36.0 Å². The van der Waals surface area contributed by atoms with Crippen LogP contribution in [0, 0.1) is 11.2 Å². The van der Waals surface area contributed by atoms with Crippen molar-refractivity contribution >= 4 is 18.9 Å². The van der Waals surface area contributed by atoms with E-state index in [1.165, 1.54) is 11.1 Å². The lowest BCUT2D eigenvalue weighted by molar-refractivity contribution is -0.121. The third-order valence-electron chi connectivity index (χ3n) is 3.67. The molecule has 0 aromatic heterocycles. The first-order valence-corrected chi connectivity index (χ1v) is 6.94. The van der Waals surface area contributed by atoms with Crippen molar-refractivity contribution in [1.29, 1.82) is 5.26 Å². The van der Waals surface area contributed by atoms with Crippen molar-refractivity contribution < 1.29 is 9.59 Å². The number of carbonyl (C=O) groups excluding carboxylic acids is 2. The first kappa shape index (κ1) is 14.3. The summed E-state index contributed by atoms with van der Waals surface area (Å²) in [5.41, 5.74) is 3.54. The second-order valence-corrected chi connectivity index (χ2v) is 5.12. The fourth-order valence-corrected chi connectivity index (χ4v) is 2.61. The average molecular weight is 268 g/mol. The molecule has 102 valence electrons. The predicted molar refractivity (Wildman–Crippen MR) is 77.0 cm³/mol. The number of rotatable bonds is 6. The lowest BCUT2D eigenvalue weighted by atomic mass is 9.49. The lowest BCUT2D eigenvalue weighted by Crippen LogP contribution is -2.23. The van der Waals surface area contributed by atoms with Crippen LogP contribution in [0.15, 0.2) is 18.2 Å². The molecule has 0 bridgehead atoms. The van der Waals surface area contributed by atoms with Crippen molar-refractivity contribution in [1.82, 2.24) is 5.32 Å². The molecule has 2 rings (SSSR count). The van der Waals surface area contributed by atoms with E-state index >= 15 is 0 Å². The number of unbranched alkanes of at least 4 members (excludes halogenated alkanes) is 1. The molecule has 0 fully saturated rings. The highest BCUT2D eigenvalue weighted by molar-refractivity contribution is 6.67. The van der Waals surface area contributed by atoms with Gasteiger partial charge in [-0.3, -0.25) is 4.79 Å². The second-order valence-electron chi connectivity index (χ2n) is 5.12. The molecule has 1 aliphatic rings. The minimum atomic E-state index is -0.0284. The van der Waals surface area contributed by atoms with E-state index in [0.717, 1.165) is 24.5 Å². The molecular weight excluding hydrogens is 251 g/mol. The number of fused-ring (bicyclic) bond motifs is 1. The molecule has 1 aliphatic heterocycles. The molecule has 0 saturated carbocycles. The van der Waals surface area contributed by atoms with Crippen LogP contribution in [0.25, 0.3) is 0 Å². The zero-order valence-electron chi connectivity index (χ0n) is 11.4. The van der Waals surface area contributed by atoms with E-state index in [1.54, 1.807) is 0 Å². The number of aldehydes is 1. The molecule has 5 heteroatoms. The van der Waals surface area contributed by atoms with Crippen LogP contribution in [0.4, 0.5) is 0 Å². The Labute approximate surface area is 119 Å². The van der Waals surface area contributed by atoms with Crippen molar-refractivity contribution in [2.24, 2.45) is 0 Å². The summed E-state index contributed by atoms with van der Waals surface area (Å²) in [6.07, 6.45) is 3.83. The summed E-state index contributed by atoms with van der Waals surface area (Å²) >= 11 is 0. The SMILES string of the molecule is N#CB1Cc2cccc(CNC(=O)CCCC=O)c2C1. The summed E-state index contributed by atoms with van der Waals surface area (Å²) in [6.45, 7) is 0.566. The third-order valence-corrected chi connectivity index (χ3v) is 3.67. The molecule has 4 nitrogen and oxygen atoms in total. The van der Waals surface area contributed by atoms with Crippen LogP contribution < -0.4 is 5.32 Å². The molecule has 0 saturated heterocycles. The van der Waals surface area contributed by atoms with Gasteiger partial charge in [0.15, 0.2) is 0 Å². The first-order valence-electron chi connectivity index (χ1n) is 6.94. The molecule has 0 spiro atoms. The molecule has 1 heterocycles. The zero-order chi connectivity index (χ0) is 14.4. The molecule has 0 unspecified atom stereocenters. The maximum absolute atomic E-state index is 11.6. The number of nitrogens with one attached hydrogen (secondary N) is 1. The van der Waals surface area contributed by atoms with E-state index in [-0.39, 0.29) is 12.6 Å². The van der Waals surface area contributed by atoms with Gasteiger partial charge in [0.2, 0.25) is 5.91 Å². The number of hydrogen-bond acceptors (Lipinski definition) is 3. The van der Waals surface area contributed by atoms with E-state index < -0.39 is 0 Å². The van der Waals surface area contributed by atoms with Gasteiger partial charge in [-0.15, -0.1) is 0 Å². The van der Waals surface area contributed by atoms with Crippen molar-refractivity contribution in [3.8, 4) is 5.97 Å². The Bertz CT molecular complexity index is 551. The maximum atomic E-state index is 11.6. The fourth-order valence-electron chi connectivity index (χ4n) is 2.61. The van der Waals surface area contributed by atoms with Gasteiger partial charge in [0.05, 0.1) is 0 Å². The molecule has 1 amide bonds. The Hall–Kier alpha value is -2.09. The highest BCUT2D eigenvalue weighted by Gasteiger charge is 2.26. The number of benzene rings is 1. The minimum Gasteiger partial charge on any atom is -0.352 e. The Morgan fingerprint density at radius 2 is 2.30 bits per heavy atom. The fraction of sp³-hybridized carbons (Fsp3) is 0.400. The smallest absolute Gasteiger partial charge is 0.276 e. The Morgan fingerprint density at radius 1 is 1.45 bits per heavy atom. The predicted octanol–water partition coefficient (Wildman–Crippen LogP) is 1.41. The van der Waals surface area contributed by atoms with Gasteiger partial charge in [0.25, 0.3) is 6.71 Å². The molecule has 1 aromatic carbocycles. The first-order chi connectivity index (χ1) is 9.74. The largest absolute Gasteiger partial charge is 0.352 e. The van der Waals surface area contributed by atoms with Crippen LogP contribution >= 0.6 is 0 Å². The van der Waals surface area contributed by atoms with Crippen LogP contribution in [0.2, 0.25) is 0 Å². The number of nitrogens with zero attached hydrogens (tertiary/aromatic N) is 1. The maximum Gasteiger partial charge on any atom is 0.276 e. The summed E-state index contributed by atoms with van der Waals surface area (Å²) < 4.78 is 0. The molecule has 0 atom stereocenters. The summed E-state index contributed by atoms with van der Waals surface area (Å²) in [5.74, 6) is 2.29. The van der Waals surface area contributed by atoms with Crippen LogP contribution in [-0.2, 0) is 28.8 Å². The second kappa shape index (κ2) is 6.90. The van der Waals surface area contributed by atoms with Gasteiger partial charge in [-0.2, -0.15) is 0 Å². The number of carbonyl (C=O) groups is 2. The van der Waals surface area contributed by atoms with Gasteiger partial charge in [-0.1, -0.05) is 23.8 Å². The third kappa shape index (κ3) is 3.48. The highest BCUT2D eigenvalue weighted by Crippen LogP contribution is 2.24. The summed E-state index contributed by atoms with van der Waals surface area (Å²) in [6, 6.07) is 6.04. The standard InChI is InChI=1S/C15H17BN2O2/c17-11-16-8-12-4-3-5-13(14(12)9-16)10-18-15(20)6-1-2-7-19/h3-5,7H,1-2,6,8-10H2,(H,18,20). The van der Waals surface area contributed by atoms with Crippen LogP contribution in [0.5, 0.6) is 0 Å². The molecule has 20 heavy (non-hydrogen) atoms. The number of nitriles is 1. The van der Waals surface area contributed by atoms with Crippen molar-refractivity contribution in [2.75, 3.05) is 0 Å². The Kier molecular flexibility index (Phi) is 4.94. The van der Waals surface area contributed by atoms with Crippen molar-refractivity contribution in [3.05, 3.63) is 34.9 Å². The summed E-state index contributed by atoms with van der Waals surface area (Å²) in [5, 5.41) is 11.9. The van der Waals surface area contributed by atoms with Gasteiger partial charge >= 0.3 is 0 Å². The van der Waals surface area contributed by atoms with Gasteiger partial charge in [0.1, 0.15) is 6.29 Å². The molecule has 0 aliphatic carbocycles. The topological polar surface area (TPSA) is 70.0 Å². The summed E-state index contributed by atoms with van der Waals surface area (Å²) in [4.78, 5) is 21.8. The zero-order valence-corrected chi connectivity index (χ0v) is 11.4. The average Bonchev–Trinajstić information content (AvgIpc) is 2.89. The quantitative estimate of drug-likeness (QED) is 0.481. The van der Waals surface area contributed by atoms with E-state index in [2.05, 4.69) is 17.4 Å². The molecular formula is C15H17BN2O2. The Balaban J connectivity index is 1.92. The van der Waals surface area contributed by atoms with E-state index in [1.807, 2.05) is 12.1 Å². The van der Waals surface area contributed by atoms with Gasteiger partial charge < -0.3 is 10.1 Å². The Morgan fingerprint density at radius 3 is 3.05 bits per heavy atom. The lowest BCUT2D eigenvalue weighted by Gasteiger charge is -2.10. The van der Waals surface area contributed by atoms with E-state index in [9.17, 15) is 9.59 Å². The van der Waals surface area contributed by atoms with Crippen molar-refractivity contribution in [2.45, 2.75) is 38.4 Å². The monoisotopic (exact) mass is 268 g/mol. The van der Waals surface area contributed by atoms with Gasteiger partial charge in [-0.25, -0.2) is 5.26 Å². The molecule has 0 radical (unpaired) electrons. The number of amides is 1. The molecule has 1 N–H and O–H groups in total. The van der Waals surface area contributed by atoms with E-state index in [0.29, 0.717) is 25.8 Å².